The monoisotopic (exact) mass is 248 g/mol. The topological polar surface area (TPSA) is 38.0 Å². The minimum atomic E-state index is 0.888. The first-order chi connectivity index (χ1) is 7.78. The molecule has 0 unspecified atom stereocenters. The van der Waals surface area contributed by atoms with Crippen LogP contribution in [-0.4, -0.2) is 6.54 Å². The van der Waals surface area contributed by atoms with Gasteiger partial charge in [0.2, 0.25) is 0 Å². The third kappa shape index (κ3) is 1.45. The van der Waals surface area contributed by atoms with Crippen molar-refractivity contribution in [1.29, 1.82) is 0 Å². The van der Waals surface area contributed by atoms with Crippen LogP contribution in [0.5, 0.6) is 0 Å². The molecule has 3 aromatic rings. The van der Waals surface area contributed by atoms with Gasteiger partial charge in [-0.2, -0.15) is 0 Å². The van der Waals surface area contributed by atoms with Crippen molar-refractivity contribution in [1.82, 2.24) is 0 Å². The van der Waals surface area contributed by atoms with E-state index in [0.717, 1.165) is 11.5 Å². The Balaban J connectivity index is 2.31. The largest absolute Gasteiger partial charge is 0.391 e. The second kappa shape index (κ2) is 3.64. The number of hydrogen-bond acceptors (Lipinski definition) is 4. The number of anilines is 2. The maximum absolute atomic E-state index is 5.85. The summed E-state index contributed by atoms with van der Waals surface area (Å²) < 4.78 is 2.59. The molecule has 0 aliphatic rings. The Morgan fingerprint density at radius 1 is 1.12 bits per heavy atom. The second-order valence-corrected chi connectivity index (χ2v) is 5.88. The van der Waals surface area contributed by atoms with Crippen LogP contribution in [0.15, 0.2) is 24.3 Å². The van der Waals surface area contributed by atoms with Crippen LogP contribution in [0.25, 0.3) is 20.2 Å². The van der Waals surface area contributed by atoms with Crippen LogP contribution in [0.1, 0.15) is 6.92 Å². The molecule has 3 rings (SSSR count). The molecule has 2 heterocycles. The van der Waals surface area contributed by atoms with E-state index < -0.39 is 0 Å². The van der Waals surface area contributed by atoms with Crippen LogP contribution in [0.3, 0.4) is 0 Å². The summed E-state index contributed by atoms with van der Waals surface area (Å²) in [6, 6.07) is 8.63. The molecule has 2 aromatic heterocycles. The molecule has 0 saturated heterocycles. The molecule has 0 radical (unpaired) electrons. The lowest BCUT2D eigenvalue weighted by Crippen LogP contribution is -1.92. The fraction of sp³-hybridized carbons (Fsp3) is 0.167. The highest BCUT2D eigenvalue weighted by Gasteiger charge is 2.07. The summed E-state index contributed by atoms with van der Waals surface area (Å²) in [6.07, 6.45) is 0. The highest BCUT2D eigenvalue weighted by atomic mass is 32.1. The zero-order valence-electron chi connectivity index (χ0n) is 8.91. The number of hydrogen-bond donors (Lipinski definition) is 2. The minimum Gasteiger partial charge on any atom is -0.391 e. The molecule has 1 aromatic carbocycles. The van der Waals surface area contributed by atoms with Gasteiger partial charge >= 0.3 is 0 Å². The van der Waals surface area contributed by atoms with Crippen molar-refractivity contribution in [2.24, 2.45) is 0 Å². The van der Waals surface area contributed by atoms with Gasteiger partial charge in [-0.1, -0.05) is 0 Å². The fourth-order valence-electron chi connectivity index (χ4n) is 1.91. The Morgan fingerprint density at radius 3 is 2.56 bits per heavy atom. The number of nitrogens with one attached hydrogen (secondary N) is 1. The van der Waals surface area contributed by atoms with Crippen LogP contribution in [-0.2, 0) is 0 Å². The molecule has 0 spiro atoms. The van der Waals surface area contributed by atoms with Gasteiger partial charge in [-0.25, -0.2) is 0 Å². The van der Waals surface area contributed by atoms with Crippen LogP contribution >= 0.6 is 22.7 Å². The van der Waals surface area contributed by atoms with Crippen LogP contribution in [0.4, 0.5) is 10.0 Å². The average Bonchev–Trinajstić information content (AvgIpc) is 2.79. The van der Waals surface area contributed by atoms with Crippen molar-refractivity contribution in [3.63, 3.8) is 0 Å². The number of nitrogens with two attached hydrogens (primary N) is 1. The Bertz CT molecular complexity index is 651. The Kier molecular flexibility index (Phi) is 2.26. The molecule has 0 aliphatic heterocycles. The SMILES string of the molecule is CCNc1cc2c(ccc3sc(N)cc32)s1. The smallest absolute Gasteiger partial charge is 0.0895 e. The van der Waals surface area contributed by atoms with E-state index in [0.29, 0.717) is 0 Å². The zero-order valence-corrected chi connectivity index (χ0v) is 10.5. The molecular formula is C12H12N2S2. The van der Waals surface area contributed by atoms with E-state index in [1.807, 2.05) is 0 Å². The molecule has 0 amide bonds. The molecule has 0 fully saturated rings. The number of thiophene rings is 2. The van der Waals surface area contributed by atoms with Gasteiger partial charge in [-0.05, 0) is 31.2 Å². The molecule has 16 heavy (non-hydrogen) atoms. The van der Waals surface area contributed by atoms with E-state index in [4.69, 9.17) is 5.73 Å². The van der Waals surface area contributed by atoms with Crippen molar-refractivity contribution >= 4 is 52.8 Å². The lowest BCUT2D eigenvalue weighted by molar-refractivity contribution is 1.23. The Labute approximate surface area is 102 Å². The van der Waals surface area contributed by atoms with E-state index in [1.54, 1.807) is 22.7 Å². The van der Waals surface area contributed by atoms with E-state index in [2.05, 4.69) is 36.5 Å². The first-order valence-electron chi connectivity index (χ1n) is 5.23. The maximum Gasteiger partial charge on any atom is 0.0895 e. The van der Waals surface area contributed by atoms with Crippen LogP contribution in [0, 0.1) is 0 Å². The van der Waals surface area contributed by atoms with E-state index in [9.17, 15) is 0 Å². The van der Waals surface area contributed by atoms with Crippen molar-refractivity contribution < 1.29 is 0 Å². The first kappa shape index (κ1) is 9.93. The first-order valence-corrected chi connectivity index (χ1v) is 6.86. The number of fused-ring (bicyclic) bond motifs is 3. The molecule has 4 heteroatoms. The fourth-order valence-corrected chi connectivity index (χ4v) is 3.80. The van der Waals surface area contributed by atoms with Gasteiger partial charge in [0.05, 0.1) is 10.0 Å². The summed E-state index contributed by atoms with van der Waals surface area (Å²) in [7, 11) is 0. The average molecular weight is 248 g/mol. The lowest BCUT2D eigenvalue weighted by Gasteiger charge is -1.93. The van der Waals surface area contributed by atoms with Crippen LogP contribution < -0.4 is 11.1 Å². The highest BCUT2D eigenvalue weighted by molar-refractivity contribution is 7.24. The van der Waals surface area contributed by atoms with E-state index in [1.165, 1.54) is 25.2 Å². The van der Waals surface area contributed by atoms with E-state index >= 15 is 0 Å². The third-order valence-electron chi connectivity index (χ3n) is 2.57. The molecule has 2 nitrogen and oxygen atoms in total. The van der Waals surface area contributed by atoms with Gasteiger partial charge in [0.25, 0.3) is 0 Å². The summed E-state index contributed by atoms with van der Waals surface area (Å²) in [4.78, 5) is 0. The van der Waals surface area contributed by atoms with Gasteiger partial charge in [0.15, 0.2) is 0 Å². The maximum atomic E-state index is 5.85. The third-order valence-corrected chi connectivity index (χ3v) is 4.56. The van der Waals surface area contributed by atoms with E-state index in [-0.39, 0.29) is 0 Å². The summed E-state index contributed by atoms with van der Waals surface area (Å²) in [5.41, 5.74) is 5.85. The quantitative estimate of drug-likeness (QED) is 0.715. The summed E-state index contributed by atoms with van der Waals surface area (Å²) in [6.45, 7) is 3.07. The summed E-state index contributed by atoms with van der Waals surface area (Å²) >= 11 is 3.45. The zero-order chi connectivity index (χ0) is 11.1. The number of benzene rings is 1. The van der Waals surface area contributed by atoms with Gasteiger partial charge in [0.1, 0.15) is 0 Å². The molecule has 0 saturated carbocycles. The highest BCUT2D eigenvalue weighted by Crippen LogP contribution is 2.38. The summed E-state index contributed by atoms with van der Waals surface area (Å²) in [5.74, 6) is 0. The van der Waals surface area contributed by atoms with Gasteiger partial charge in [0, 0.05) is 26.7 Å². The Morgan fingerprint density at radius 2 is 1.81 bits per heavy atom. The number of rotatable bonds is 2. The van der Waals surface area contributed by atoms with Crippen molar-refractivity contribution in [2.75, 3.05) is 17.6 Å². The lowest BCUT2D eigenvalue weighted by atomic mass is 10.2. The summed E-state index contributed by atoms with van der Waals surface area (Å²) in [5, 5.41) is 8.07. The Hall–Kier alpha value is -1.26. The standard InChI is InChI=1S/C12H12N2S2/c1-2-14-12-6-8-7-5-11(13)15-9(7)3-4-10(8)16-12/h3-6,14H,2,13H2,1H3. The van der Waals surface area contributed by atoms with Crippen molar-refractivity contribution in [2.45, 2.75) is 6.92 Å². The predicted octanol–water partition coefficient (Wildman–Crippen LogP) is 4.13. The van der Waals surface area contributed by atoms with Gasteiger partial charge in [-0.15, -0.1) is 22.7 Å². The van der Waals surface area contributed by atoms with Gasteiger partial charge < -0.3 is 11.1 Å². The molecule has 82 valence electrons. The van der Waals surface area contributed by atoms with Crippen molar-refractivity contribution in [3.05, 3.63) is 24.3 Å². The minimum absolute atomic E-state index is 0.888. The number of nitrogen functional groups attached to an aromatic ring is 1. The molecule has 3 N–H and O–H groups in total. The van der Waals surface area contributed by atoms with Crippen molar-refractivity contribution in [3.8, 4) is 0 Å². The normalized spacial score (nSPS) is 11.3. The predicted molar refractivity (Wildman–Crippen MR) is 75.8 cm³/mol. The molecular weight excluding hydrogens is 236 g/mol. The second-order valence-electron chi connectivity index (χ2n) is 3.68. The van der Waals surface area contributed by atoms with Crippen LogP contribution in [0.2, 0.25) is 0 Å². The molecule has 0 bridgehead atoms. The molecule has 0 aliphatic carbocycles. The molecule has 0 atom stereocenters. The van der Waals surface area contributed by atoms with Gasteiger partial charge in [-0.3, -0.25) is 0 Å².